The number of amides is 1. The Labute approximate surface area is 188 Å². The standard InChI is InChI=1S/C23H19ClN2O4S/c1-28-18-11-14(12-19(29-2)21(18)30-3)22(27)25-17-10-13(8-9-15(17)24)23-26-16-6-4-5-7-20(16)31-23/h4-12H,1-3H3,(H,25,27). The predicted molar refractivity (Wildman–Crippen MR) is 124 cm³/mol. The number of carbonyl (C=O) groups is 1. The fourth-order valence-electron chi connectivity index (χ4n) is 3.16. The predicted octanol–water partition coefficient (Wildman–Crippen LogP) is 5.89. The van der Waals surface area contributed by atoms with Gasteiger partial charge in [0.25, 0.3) is 5.91 Å². The highest BCUT2D eigenvalue weighted by Crippen LogP contribution is 2.39. The third-order valence-electron chi connectivity index (χ3n) is 4.68. The summed E-state index contributed by atoms with van der Waals surface area (Å²) in [6.45, 7) is 0. The van der Waals surface area contributed by atoms with E-state index in [1.54, 1.807) is 29.5 Å². The highest BCUT2D eigenvalue weighted by molar-refractivity contribution is 7.21. The van der Waals surface area contributed by atoms with E-state index in [2.05, 4.69) is 10.3 Å². The highest BCUT2D eigenvalue weighted by atomic mass is 35.5. The number of fused-ring (bicyclic) bond motifs is 1. The number of methoxy groups -OCH3 is 3. The van der Waals surface area contributed by atoms with Crippen LogP contribution in [0.2, 0.25) is 5.02 Å². The summed E-state index contributed by atoms with van der Waals surface area (Å²) in [5, 5.41) is 4.13. The number of nitrogens with one attached hydrogen (secondary N) is 1. The van der Waals surface area contributed by atoms with E-state index in [0.717, 1.165) is 20.8 Å². The Kier molecular flexibility index (Phi) is 5.97. The SMILES string of the molecule is COc1cc(C(=O)Nc2cc(-c3nc4ccccc4s3)ccc2Cl)cc(OC)c1OC. The lowest BCUT2D eigenvalue weighted by atomic mass is 10.1. The maximum atomic E-state index is 13.0. The van der Waals surface area contributed by atoms with Gasteiger partial charge in [0, 0.05) is 11.1 Å². The normalized spacial score (nSPS) is 10.7. The van der Waals surface area contributed by atoms with Crippen molar-refractivity contribution in [3.63, 3.8) is 0 Å². The first-order valence-electron chi connectivity index (χ1n) is 9.31. The highest BCUT2D eigenvalue weighted by Gasteiger charge is 2.18. The quantitative estimate of drug-likeness (QED) is 0.393. The van der Waals surface area contributed by atoms with Crippen LogP contribution in [0.4, 0.5) is 5.69 Å². The number of ether oxygens (including phenoxy) is 3. The zero-order valence-corrected chi connectivity index (χ0v) is 18.6. The minimum absolute atomic E-state index is 0.343. The molecular formula is C23H19ClN2O4S. The minimum atomic E-state index is -0.359. The molecule has 1 amide bonds. The Morgan fingerprint density at radius 3 is 2.32 bits per heavy atom. The number of carbonyl (C=O) groups excluding carboxylic acids is 1. The van der Waals surface area contributed by atoms with Crippen LogP contribution in [0.1, 0.15) is 10.4 Å². The second-order valence-corrected chi connectivity index (χ2v) is 7.99. The molecule has 0 saturated carbocycles. The van der Waals surface area contributed by atoms with Crippen LogP contribution in [0.15, 0.2) is 54.6 Å². The van der Waals surface area contributed by atoms with Crippen molar-refractivity contribution in [1.29, 1.82) is 0 Å². The van der Waals surface area contributed by atoms with E-state index in [1.807, 2.05) is 36.4 Å². The van der Waals surface area contributed by atoms with Crippen LogP contribution >= 0.6 is 22.9 Å². The molecule has 0 spiro atoms. The Bertz CT molecular complexity index is 1210. The number of anilines is 1. The molecule has 0 aliphatic carbocycles. The van der Waals surface area contributed by atoms with Crippen molar-refractivity contribution in [1.82, 2.24) is 4.98 Å². The molecule has 0 saturated heterocycles. The number of halogens is 1. The minimum Gasteiger partial charge on any atom is -0.493 e. The summed E-state index contributed by atoms with van der Waals surface area (Å²) in [6, 6.07) is 16.5. The molecule has 0 atom stereocenters. The van der Waals surface area contributed by atoms with E-state index < -0.39 is 0 Å². The van der Waals surface area contributed by atoms with Gasteiger partial charge in [0.05, 0.1) is 42.3 Å². The Balaban J connectivity index is 1.66. The number of hydrogen-bond acceptors (Lipinski definition) is 6. The molecule has 1 N–H and O–H groups in total. The van der Waals surface area contributed by atoms with E-state index in [1.165, 1.54) is 21.3 Å². The summed E-state index contributed by atoms with van der Waals surface area (Å²) in [7, 11) is 4.50. The number of hydrogen-bond donors (Lipinski definition) is 1. The molecule has 1 aromatic heterocycles. The van der Waals surface area contributed by atoms with Gasteiger partial charge in [-0.2, -0.15) is 0 Å². The summed E-state index contributed by atoms with van der Waals surface area (Å²) in [6.07, 6.45) is 0. The average Bonchev–Trinajstić information content (AvgIpc) is 3.23. The molecule has 158 valence electrons. The van der Waals surface area contributed by atoms with Crippen LogP contribution in [0.5, 0.6) is 17.2 Å². The summed E-state index contributed by atoms with van der Waals surface area (Å²) in [5.41, 5.74) is 2.62. The molecule has 1 heterocycles. The molecule has 3 aromatic carbocycles. The maximum absolute atomic E-state index is 13.0. The van der Waals surface area contributed by atoms with Crippen molar-refractivity contribution in [3.8, 4) is 27.8 Å². The molecule has 0 fully saturated rings. The molecule has 0 radical (unpaired) electrons. The van der Waals surface area contributed by atoms with Gasteiger partial charge in [-0.15, -0.1) is 11.3 Å². The van der Waals surface area contributed by atoms with Crippen LogP contribution in [0.3, 0.4) is 0 Å². The number of rotatable bonds is 6. The Morgan fingerprint density at radius 1 is 0.968 bits per heavy atom. The summed E-state index contributed by atoms with van der Waals surface area (Å²) in [5.74, 6) is 0.836. The lowest BCUT2D eigenvalue weighted by molar-refractivity contribution is 0.102. The summed E-state index contributed by atoms with van der Waals surface area (Å²) >= 11 is 7.94. The number of nitrogens with zero attached hydrogens (tertiary/aromatic N) is 1. The first kappa shape index (κ1) is 21.0. The second-order valence-electron chi connectivity index (χ2n) is 6.55. The number of thiazole rings is 1. The van der Waals surface area contributed by atoms with Gasteiger partial charge in [0.1, 0.15) is 5.01 Å². The van der Waals surface area contributed by atoms with Crippen LogP contribution in [0.25, 0.3) is 20.8 Å². The zero-order chi connectivity index (χ0) is 22.0. The molecule has 4 rings (SSSR count). The first-order chi connectivity index (χ1) is 15.0. The van der Waals surface area contributed by atoms with E-state index in [0.29, 0.717) is 33.5 Å². The fourth-order valence-corrected chi connectivity index (χ4v) is 4.28. The Hall–Kier alpha value is -3.29. The molecule has 6 nitrogen and oxygen atoms in total. The van der Waals surface area contributed by atoms with Gasteiger partial charge >= 0.3 is 0 Å². The summed E-state index contributed by atoms with van der Waals surface area (Å²) in [4.78, 5) is 17.6. The first-order valence-corrected chi connectivity index (χ1v) is 10.5. The number of aromatic nitrogens is 1. The van der Waals surface area contributed by atoms with E-state index in [-0.39, 0.29) is 5.91 Å². The van der Waals surface area contributed by atoms with Crippen LogP contribution in [-0.2, 0) is 0 Å². The number of para-hydroxylation sites is 1. The third-order valence-corrected chi connectivity index (χ3v) is 6.10. The maximum Gasteiger partial charge on any atom is 0.255 e. The van der Waals surface area contributed by atoms with Crippen molar-refractivity contribution in [2.75, 3.05) is 26.6 Å². The monoisotopic (exact) mass is 454 g/mol. The van der Waals surface area contributed by atoms with E-state index in [4.69, 9.17) is 25.8 Å². The topological polar surface area (TPSA) is 69.7 Å². The molecule has 0 unspecified atom stereocenters. The van der Waals surface area contributed by atoms with Gasteiger partial charge in [0.15, 0.2) is 11.5 Å². The molecule has 0 aliphatic rings. The van der Waals surface area contributed by atoms with E-state index >= 15 is 0 Å². The molecular weight excluding hydrogens is 436 g/mol. The molecule has 0 bridgehead atoms. The number of benzene rings is 3. The molecule has 31 heavy (non-hydrogen) atoms. The van der Waals surface area contributed by atoms with Gasteiger partial charge in [-0.25, -0.2) is 4.98 Å². The van der Waals surface area contributed by atoms with Gasteiger partial charge in [-0.1, -0.05) is 29.8 Å². The van der Waals surface area contributed by atoms with Crippen molar-refractivity contribution < 1.29 is 19.0 Å². The second kappa shape index (κ2) is 8.83. The van der Waals surface area contributed by atoms with Crippen molar-refractivity contribution in [2.45, 2.75) is 0 Å². The van der Waals surface area contributed by atoms with Gasteiger partial charge in [-0.3, -0.25) is 4.79 Å². The fraction of sp³-hybridized carbons (Fsp3) is 0.130. The molecule has 0 aliphatic heterocycles. The largest absolute Gasteiger partial charge is 0.493 e. The van der Waals surface area contributed by atoms with Gasteiger partial charge < -0.3 is 19.5 Å². The Morgan fingerprint density at radius 2 is 1.68 bits per heavy atom. The zero-order valence-electron chi connectivity index (χ0n) is 17.1. The summed E-state index contributed by atoms with van der Waals surface area (Å²) < 4.78 is 17.1. The smallest absolute Gasteiger partial charge is 0.255 e. The molecule has 8 heteroatoms. The van der Waals surface area contributed by atoms with Gasteiger partial charge in [0.2, 0.25) is 5.75 Å². The van der Waals surface area contributed by atoms with Crippen LogP contribution in [-0.4, -0.2) is 32.2 Å². The third kappa shape index (κ3) is 4.15. The molecule has 4 aromatic rings. The average molecular weight is 455 g/mol. The van der Waals surface area contributed by atoms with Crippen LogP contribution in [0, 0.1) is 0 Å². The lowest BCUT2D eigenvalue weighted by Gasteiger charge is -2.14. The van der Waals surface area contributed by atoms with Crippen LogP contribution < -0.4 is 19.5 Å². The van der Waals surface area contributed by atoms with Crippen molar-refractivity contribution in [2.24, 2.45) is 0 Å². The van der Waals surface area contributed by atoms with Crippen molar-refractivity contribution >= 4 is 44.7 Å². The van der Waals surface area contributed by atoms with Gasteiger partial charge in [-0.05, 0) is 36.4 Å². The van der Waals surface area contributed by atoms with Crippen molar-refractivity contribution in [3.05, 3.63) is 65.2 Å². The lowest BCUT2D eigenvalue weighted by Crippen LogP contribution is -2.13. The van der Waals surface area contributed by atoms with E-state index in [9.17, 15) is 4.79 Å².